The van der Waals surface area contributed by atoms with Crippen LogP contribution in [0.15, 0.2) is 83.3 Å². The Morgan fingerprint density at radius 2 is 1.39 bits per heavy atom. The zero-order valence-electron chi connectivity index (χ0n) is 12.5. The zero-order valence-corrected chi connectivity index (χ0v) is 12.5. The van der Waals surface area contributed by atoms with Crippen LogP contribution in [0.5, 0.6) is 0 Å². The molecule has 0 unspecified atom stereocenters. The van der Waals surface area contributed by atoms with E-state index in [1.807, 2.05) is 54.6 Å². The highest BCUT2D eigenvalue weighted by atomic mass is 16.3. The van der Waals surface area contributed by atoms with E-state index in [-0.39, 0.29) is 5.92 Å². The van der Waals surface area contributed by atoms with Crippen LogP contribution in [0.1, 0.15) is 22.9 Å². The van der Waals surface area contributed by atoms with Gasteiger partial charge in [-0.25, -0.2) is 4.98 Å². The minimum atomic E-state index is -0.0361. The van der Waals surface area contributed by atoms with Crippen molar-refractivity contribution in [2.24, 2.45) is 0 Å². The van der Waals surface area contributed by atoms with E-state index in [0.717, 1.165) is 22.2 Å². The molecule has 0 fully saturated rings. The smallest absolute Gasteiger partial charge is 0.207 e. The van der Waals surface area contributed by atoms with E-state index in [2.05, 4.69) is 29.2 Å². The number of benzene rings is 3. The number of fused-ring (bicyclic) bond motifs is 1. The van der Waals surface area contributed by atoms with Crippen molar-refractivity contribution in [1.82, 2.24) is 4.98 Å². The summed E-state index contributed by atoms with van der Waals surface area (Å²) in [6.45, 7) is 0. The Bertz CT molecular complexity index is 890. The molecule has 0 saturated carbocycles. The second-order valence-electron chi connectivity index (χ2n) is 5.53. The second kappa shape index (κ2) is 5.61. The van der Waals surface area contributed by atoms with Crippen LogP contribution < -0.4 is 5.73 Å². The fourth-order valence-corrected chi connectivity index (χ4v) is 2.85. The summed E-state index contributed by atoms with van der Waals surface area (Å²) >= 11 is 0. The van der Waals surface area contributed by atoms with E-state index < -0.39 is 0 Å². The molecular weight excluding hydrogens is 284 g/mol. The number of nitrogens with zero attached hydrogens (tertiary/aromatic N) is 1. The summed E-state index contributed by atoms with van der Waals surface area (Å²) in [6.07, 6.45) is 0. The van der Waals surface area contributed by atoms with Gasteiger partial charge in [0.2, 0.25) is 5.89 Å². The molecule has 0 saturated heterocycles. The van der Waals surface area contributed by atoms with Crippen LogP contribution in [0, 0.1) is 0 Å². The molecule has 0 radical (unpaired) electrons. The van der Waals surface area contributed by atoms with Crippen molar-refractivity contribution in [2.75, 3.05) is 5.73 Å². The van der Waals surface area contributed by atoms with E-state index in [4.69, 9.17) is 10.2 Å². The largest absolute Gasteiger partial charge is 0.440 e. The van der Waals surface area contributed by atoms with Gasteiger partial charge in [-0.2, -0.15) is 0 Å². The summed E-state index contributed by atoms with van der Waals surface area (Å²) in [4.78, 5) is 4.68. The predicted molar refractivity (Wildman–Crippen MR) is 92.3 cm³/mol. The first-order chi connectivity index (χ1) is 11.3. The Labute approximate surface area is 134 Å². The van der Waals surface area contributed by atoms with Crippen molar-refractivity contribution >= 4 is 16.8 Å². The Hall–Kier alpha value is -3.07. The van der Waals surface area contributed by atoms with Crippen molar-refractivity contribution in [3.05, 3.63) is 95.9 Å². The van der Waals surface area contributed by atoms with Crippen LogP contribution in [-0.4, -0.2) is 4.98 Å². The molecule has 1 aromatic heterocycles. The molecule has 1 heterocycles. The highest BCUT2D eigenvalue weighted by Crippen LogP contribution is 2.33. The third kappa shape index (κ3) is 2.57. The van der Waals surface area contributed by atoms with E-state index in [9.17, 15) is 0 Å². The van der Waals surface area contributed by atoms with Crippen LogP contribution in [0.4, 0.5) is 5.69 Å². The van der Waals surface area contributed by atoms with Crippen LogP contribution in [0.2, 0.25) is 0 Å². The Balaban J connectivity index is 1.90. The molecule has 0 spiro atoms. The van der Waals surface area contributed by atoms with E-state index in [0.29, 0.717) is 11.6 Å². The first-order valence-corrected chi connectivity index (χ1v) is 7.57. The maximum absolute atomic E-state index is 6.03. The molecule has 4 aromatic rings. The van der Waals surface area contributed by atoms with Crippen LogP contribution in [-0.2, 0) is 0 Å². The molecule has 4 rings (SSSR count). The third-order valence-electron chi connectivity index (χ3n) is 3.94. The zero-order chi connectivity index (χ0) is 15.6. The van der Waals surface area contributed by atoms with Crippen molar-refractivity contribution in [3.63, 3.8) is 0 Å². The predicted octanol–water partition coefficient (Wildman–Crippen LogP) is 4.59. The quantitative estimate of drug-likeness (QED) is 0.563. The lowest BCUT2D eigenvalue weighted by molar-refractivity contribution is 0.522. The van der Waals surface area contributed by atoms with Gasteiger partial charge >= 0.3 is 0 Å². The highest BCUT2D eigenvalue weighted by molar-refractivity contribution is 5.76. The molecular formula is C20H16N2O. The summed E-state index contributed by atoms with van der Waals surface area (Å²) < 4.78 is 6.03. The van der Waals surface area contributed by atoms with Gasteiger partial charge in [-0.05, 0) is 23.3 Å². The molecule has 23 heavy (non-hydrogen) atoms. The number of oxazole rings is 1. The Kier molecular flexibility index (Phi) is 3.31. The topological polar surface area (TPSA) is 52.0 Å². The van der Waals surface area contributed by atoms with Gasteiger partial charge in [0, 0.05) is 11.8 Å². The van der Waals surface area contributed by atoms with Gasteiger partial charge in [-0.1, -0.05) is 60.7 Å². The van der Waals surface area contributed by atoms with Gasteiger partial charge in [0.15, 0.2) is 5.58 Å². The number of nitrogens with two attached hydrogens (primary N) is 1. The van der Waals surface area contributed by atoms with Gasteiger partial charge in [0.1, 0.15) is 5.52 Å². The molecule has 0 aliphatic carbocycles. The number of anilines is 1. The molecule has 0 aliphatic heterocycles. The Morgan fingerprint density at radius 1 is 0.783 bits per heavy atom. The third-order valence-corrected chi connectivity index (χ3v) is 3.94. The summed E-state index contributed by atoms with van der Waals surface area (Å²) in [7, 11) is 0. The number of aromatic nitrogens is 1. The van der Waals surface area contributed by atoms with Gasteiger partial charge in [-0.3, -0.25) is 0 Å². The molecule has 112 valence electrons. The van der Waals surface area contributed by atoms with E-state index >= 15 is 0 Å². The lowest BCUT2D eigenvalue weighted by Gasteiger charge is -2.14. The van der Waals surface area contributed by atoms with Crippen molar-refractivity contribution < 1.29 is 4.42 Å². The summed E-state index contributed by atoms with van der Waals surface area (Å²) in [5.41, 5.74) is 10.4. The number of hydrogen-bond acceptors (Lipinski definition) is 3. The fourth-order valence-electron chi connectivity index (χ4n) is 2.85. The highest BCUT2D eigenvalue weighted by Gasteiger charge is 2.22. The van der Waals surface area contributed by atoms with Crippen molar-refractivity contribution in [2.45, 2.75) is 5.92 Å². The van der Waals surface area contributed by atoms with Crippen molar-refractivity contribution in [3.8, 4) is 0 Å². The molecule has 3 heteroatoms. The first kappa shape index (κ1) is 13.6. The monoisotopic (exact) mass is 300 g/mol. The molecule has 0 amide bonds. The SMILES string of the molecule is Nc1ccc2nc(C(c3ccccc3)c3ccccc3)oc2c1. The van der Waals surface area contributed by atoms with E-state index in [1.165, 1.54) is 0 Å². The minimum absolute atomic E-state index is 0.0361. The summed E-state index contributed by atoms with van der Waals surface area (Å²) in [5.74, 6) is 0.647. The summed E-state index contributed by atoms with van der Waals surface area (Å²) in [5, 5.41) is 0. The molecule has 0 atom stereocenters. The second-order valence-corrected chi connectivity index (χ2v) is 5.53. The molecule has 3 aromatic carbocycles. The number of nitrogen functional groups attached to an aromatic ring is 1. The van der Waals surface area contributed by atoms with Crippen LogP contribution in [0.25, 0.3) is 11.1 Å². The lowest BCUT2D eigenvalue weighted by Crippen LogP contribution is -2.03. The maximum Gasteiger partial charge on any atom is 0.207 e. The van der Waals surface area contributed by atoms with Crippen LogP contribution in [0.3, 0.4) is 0 Å². The van der Waals surface area contributed by atoms with Gasteiger partial charge in [-0.15, -0.1) is 0 Å². The summed E-state index contributed by atoms with van der Waals surface area (Å²) in [6, 6.07) is 26.1. The van der Waals surface area contributed by atoms with Crippen LogP contribution >= 0.6 is 0 Å². The van der Waals surface area contributed by atoms with Crippen molar-refractivity contribution in [1.29, 1.82) is 0 Å². The van der Waals surface area contributed by atoms with Gasteiger partial charge < -0.3 is 10.2 Å². The molecule has 3 nitrogen and oxygen atoms in total. The van der Waals surface area contributed by atoms with Gasteiger partial charge in [0.05, 0.1) is 5.92 Å². The lowest BCUT2D eigenvalue weighted by atomic mass is 9.91. The minimum Gasteiger partial charge on any atom is -0.440 e. The average Bonchev–Trinajstić information content (AvgIpc) is 2.99. The molecule has 2 N–H and O–H groups in total. The molecule has 0 aliphatic rings. The van der Waals surface area contributed by atoms with Gasteiger partial charge in [0.25, 0.3) is 0 Å². The normalized spacial score (nSPS) is 11.2. The Morgan fingerprint density at radius 3 is 2.00 bits per heavy atom. The maximum atomic E-state index is 6.03. The first-order valence-electron chi connectivity index (χ1n) is 7.57. The fraction of sp³-hybridized carbons (Fsp3) is 0.0500. The number of rotatable bonds is 3. The number of hydrogen-bond donors (Lipinski definition) is 1. The molecule has 0 bridgehead atoms. The van der Waals surface area contributed by atoms with E-state index in [1.54, 1.807) is 0 Å². The standard InChI is InChI=1S/C20H16N2O/c21-16-11-12-17-18(13-16)23-20(22-17)19(14-7-3-1-4-8-14)15-9-5-2-6-10-15/h1-13,19H,21H2. The average molecular weight is 300 g/mol.